The lowest BCUT2D eigenvalue weighted by Gasteiger charge is -2.10. The Morgan fingerprint density at radius 2 is 1.82 bits per heavy atom. The molecule has 2 heterocycles. The Balaban J connectivity index is 1.52. The first-order valence-electron chi connectivity index (χ1n) is 9.74. The number of fused-ring (bicyclic) bond motifs is 1. The minimum Gasteiger partial charge on any atom is -0.481 e. The molecule has 1 aliphatic rings. The van der Waals surface area contributed by atoms with E-state index in [4.69, 9.17) is 5.11 Å². The van der Waals surface area contributed by atoms with Gasteiger partial charge < -0.3 is 14.6 Å². The van der Waals surface area contributed by atoms with Crippen LogP contribution in [-0.2, 0) is 24.1 Å². The summed E-state index contributed by atoms with van der Waals surface area (Å²) < 4.78 is 2.01. The van der Waals surface area contributed by atoms with Crippen LogP contribution in [0.25, 0.3) is 16.9 Å². The van der Waals surface area contributed by atoms with Crippen molar-refractivity contribution in [1.29, 1.82) is 0 Å². The summed E-state index contributed by atoms with van der Waals surface area (Å²) in [5.74, 6) is -0.768. The van der Waals surface area contributed by atoms with Gasteiger partial charge in [0.15, 0.2) is 0 Å². The molecule has 0 amide bonds. The van der Waals surface area contributed by atoms with Crippen LogP contribution in [0.2, 0.25) is 0 Å². The van der Waals surface area contributed by atoms with Gasteiger partial charge >= 0.3 is 5.97 Å². The summed E-state index contributed by atoms with van der Waals surface area (Å²) in [5.41, 5.74) is 7.05. The second kappa shape index (κ2) is 7.98. The van der Waals surface area contributed by atoms with E-state index in [-0.39, 0.29) is 6.42 Å². The van der Waals surface area contributed by atoms with E-state index in [1.165, 1.54) is 11.1 Å². The topological polar surface area (TPSA) is 58.4 Å². The Hall–Kier alpha value is -2.92. The number of aliphatic carboxylic acids is 1. The van der Waals surface area contributed by atoms with Gasteiger partial charge in [0, 0.05) is 37.0 Å². The number of carbonyl (C=O) groups is 1. The van der Waals surface area contributed by atoms with Crippen LogP contribution < -0.4 is 0 Å². The fraction of sp³-hybridized carbons (Fsp3) is 0.304. The van der Waals surface area contributed by atoms with Crippen molar-refractivity contribution in [1.82, 2.24) is 14.5 Å². The Kier molecular flexibility index (Phi) is 5.26. The molecule has 4 rings (SSSR count). The maximum absolute atomic E-state index is 10.7. The van der Waals surface area contributed by atoms with Crippen LogP contribution in [0.15, 0.2) is 55.0 Å². The highest BCUT2D eigenvalue weighted by Crippen LogP contribution is 2.24. The first kappa shape index (κ1) is 18.4. The molecule has 0 atom stereocenters. The molecule has 2 aromatic carbocycles. The van der Waals surface area contributed by atoms with Crippen molar-refractivity contribution in [3.05, 3.63) is 71.7 Å². The van der Waals surface area contributed by atoms with Crippen LogP contribution in [0.4, 0.5) is 0 Å². The average molecular weight is 375 g/mol. The molecule has 0 radical (unpaired) electrons. The lowest BCUT2D eigenvalue weighted by atomic mass is 9.99. The number of hydrogen-bond donors (Lipinski definition) is 1. The normalized spacial score (nSPS) is 14.5. The van der Waals surface area contributed by atoms with Gasteiger partial charge in [0.05, 0.1) is 12.0 Å². The number of imidazole rings is 1. The molecule has 0 unspecified atom stereocenters. The molecule has 0 spiro atoms. The molecule has 0 fully saturated rings. The predicted molar refractivity (Wildman–Crippen MR) is 110 cm³/mol. The summed E-state index contributed by atoms with van der Waals surface area (Å²) in [6, 6.07) is 14.7. The molecule has 144 valence electrons. The van der Waals surface area contributed by atoms with E-state index in [9.17, 15) is 4.79 Å². The summed E-state index contributed by atoms with van der Waals surface area (Å²) in [7, 11) is 2.18. The molecule has 5 nitrogen and oxygen atoms in total. The van der Waals surface area contributed by atoms with E-state index in [0.717, 1.165) is 48.4 Å². The molecule has 1 aromatic heterocycles. The molecular formula is C23H25N3O2. The van der Waals surface area contributed by atoms with Gasteiger partial charge in [0.2, 0.25) is 0 Å². The smallest absolute Gasteiger partial charge is 0.303 e. The van der Waals surface area contributed by atoms with E-state index >= 15 is 0 Å². The van der Waals surface area contributed by atoms with Gasteiger partial charge in [-0.1, -0.05) is 24.3 Å². The zero-order valence-corrected chi connectivity index (χ0v) is 16.1. The first-order valence-corrected chi connectivity index (χ1v) is 9.74. The van der Waals surface area contributed by atoms with Crippen LogP contribution >= 0.6 is 0 Å². The highest BCUT2D eigenvalue weighted by Gasteiger charge is 2.13. The maximum atomic E-state index is 10.7. The zero-order chi connectivity index (χ0) is 19.5. The minimum absolute atomic E-state index is 0.155. The molecule has 1 N–H and O–H groups in total. The van der Waals surface area contributed by atoms with Gasteiger partial charge in [-0.2, -0.15) is 0 Å². The van der Waals surface area contributed by atoms with E-state index in [2.05, 4.69) is 41.3 Å². The number of aromatic nitrogens is 2. The average Bonchev–Trinajstić information content (AvgIpc) is 3.12. The van der Waals surface area contributed by atoms with Crippen molar-refractivity contribution in [2.75, 3.05) is 20.1 Å². The van der Waals surface area contributed by atoms with Crippen molar-refractivity contribution < 1.29 is 9.90 Å². The molecule has 1 aliphatic heterocycles. The quantitative estimate of drug-likeness (QED) is 0.740. The third kappa shape index (κ3) is 4.15. The van der Waals surface area contributed by atoms with Gasteiger partial charge in [-0.05, 0) is 61.2 Å². The number of likely N-dealkylation sites (N-methyl/N-ethyl adjacent to an activating group) is 1. The monoisotopic (exact) mass is 375 g/mol. The van der Waals surface area contributed by atoms with Crippen LogP contribution in [0.5, 0.6) is 0 Å². The van der Waals surface area contributed by atoms with Gasteiger partial charge in [-0.15, -0.1) is 0 Å². The molecule has 0 saturated heterocycles. The molecule has 3 aromatic rings. The van der Waals surface area contributed by atoms with Crippen LogP contribution in [0.3, 0.4) is 0 Å². The summed E-state index contributed by atoms with van der Waals surface area (Å²) in [6.07, 6.45) is 6.78. The third-order valence-electron chi connectivity index (χ3n) is 5.47. The first-order chi connectivity index (χ1) is 13.6. The zero-order valence-electron chi connectivity index (χ0n) is 16.1. The molecule has 0 aliphatic carbocycles. The Morgan fingerprint density at radius 3 is 2.57 bits per heavy atom. The van der Waals surface area contributed by atoms with E-state index in [1.54, 1.807) is 0 Å². The van der Waals surface area contributed by atoms with Gasteiger partial charge in [0.25, 0.3) is 0 Å². The van der Waals surface area contributed by atoms with Crippen LogP contribution in [0.1, 0.15) is 23.1 Å². The minimum atomic E-state index is -0.768. The van der Waals surface area contributed by atoms with Crippen molar-refractivity contribution in [3.63, 3.8) is 0 Å². The van der Waals surface area contributed by atoms with Crippen LogP contribution in [-0.4, -0.2) is 45.7 Å². The Bertz CT molecular complexity index is 976. The number of aryl methyl sites for hydroxylation is 1. The summed E-state index contributed by atoms with van der Waals surface area (Å²) in [5, 5.41) is 8.81. The number of rotatable bonds is 5. The Morgan fingerprint density at radius 1 is 1.07 bits per heavy atom. The van der Waals surface area contributed by atoms with Gasteiger partial charge in [0.1, 0.15) is 0 Å². The summed E-state index contributed by atoms with van der Waals surface area (Å²) in [4.78, 5) is 17.7. The Labute approximate surface area is 165 Å². The predicted octanol–water partition coefficient (Wildman–Crippen LogP) is 3.59. The standard InChI is InChI=1S/C23H25N3O2/c1-25-12-10-18-5-6-20(14-19(18)11-13-25)22-15-26(16-24-22)21-7-2-17(3-8-21)4-9-23(27)28/h2-3,5-8,14-16H,4,9-13H2,1H3,(H,27,28). The molecular weight excluding hydrogens is 350 g/mol. The second-order valence-electron chi connectivity index (χ2n) is 7.51. The van der Waals surface area contributed by atoms with Crippen molar-refractivity contribution in [2.24, 2.45) is 0 Å². The maximum Gasteiger partial charge on any atom is 0.303 e. The SMILES string of the molecule is CN1CCc2ccc(-c3cn(-c4ccc(CCC(=O)O)cc4)cn3)cc2CC1. The summed E-state index contributed by atoms with van der Waals surface area (Å²) in [6.45, 7) is 2.21. The van der Waals surface area contributed by atoms with Crippen LogP contribution in [0, 0.1) is 0 Å². The number of carboxylic acid groups (broad SMARTS) is 1. The van der Waals surface area contributed by atoms with Crippen molar-refractivity contribution in [3.8, 4) is 16.9 Å². The van der Waals surface area contributed by atoms with Gasteiger partial charge in [-0.25, -0.2) is 4.98 Å². The van der Waals surface area contributed by atoms with E-state index in [0.29, 0.717) is 6.42 Å². The number of carboxylic acids is 1. The fourth-order valence-corrected chi connectivity index (χ4v) is 3.70. The van der Waals surface area contributed by atoms with Crippen molar-refractivity contribution >= 4 is 5.97 Å². The molecule has 28 heavy (non-hydrogen) atoms. The third-order valence-corrected chi connectivity index (χ3v) is 5.47. The van der Waals surface area contributed by atoms with E-state index < -0.39 is 5.97 Å². The highest BCUT2D eigenvalue weighted by atomic mass is 16.4. The second-order valence-corrected chi connectivity index (χ2v) is 7.51. The molecule has 5 heteroatoms. The number of hydrogen-bond acceptors (Lipinski definition) is 3. The van der Waals surface area contributed by atoms with Gasteiger partial charge in [-0.3, -0.25) is 4.79 Å². The lowest BCUT2D eigenvalue weighted by molar-refractivity contribution is -0.136. The largest absolute Gasteiger partial charge is 0.481 e. The summed E-state index contributed by atoms with van der Waals surface area (Å²) >= 11 is 0. The van der Waals surface area contributed by atoms with Crippen molar-refractivity contribution in [2.45, 2.75) is 25.7 Å². The highest BCUT2D eigenvalue weighted by molar-refractivity contribution is 5.67. The number of benzene rings is 2. The fourth-order valence-electron chi connectivity index (χ4n) is 3.70. The molecule has 0 bridgehead atoms. The molecule has 0 saturated carbocycles. The van der Waals surface area contributed by atoms with E-state index in [1.807, 2.05) is 35.2 Å². The number of nitrogens with zero attached hydrogens (tertiary/aromatic N) is 3. The lowest BCUT2D eigenvalue weighted by Crippen LogP contribution is -2.20.